The van der Waals surface area contributed by atoms with E-state index in [1.165, 1.54) is 6.20 Å². The van der Waals surface area contributed by atoms with Crippen LogP contribution in [-0.4, -0.2) is 41.5 Å². The van der Waals surface area contributed by atoms with Crippen molar-refractivity contribution in [1.29, 1.82) is 0 Å². The van der Waals surface area contributed by atoms with E-state index < -0.39 is 10.0 Å². The van der Waals surface area contributed by atoms with Crippen LogP contribution in [0.5, 0.6) is 0 Å². The Labute approximate surface area is 108 Å². The molecule has 1 aromatic heterocycles. The highest BCUT2D eigenvalue weighted by atomic mass is 32.2. The second kappa shape index (κ2) is 4.99. The standard InChI is InChI=1S/C11H20N4O2S/c1-8(12)6-10-4-3-5-15(10)18(16,17)11-7-13-14-9(11)2/h7-8,10H,3-6,12H2,1-2H3,(H,13,14). The maximum Gasteiger partial charge on any atom is 0.246 e. The Morgan fingerprint density at radius 1 is 1.67 bits per heavy atom. The van der Waals surface area contributed by atoms with Crippen molar-refractivity contribution in [3.8, 4) is 0 Å². The fraction of sp³-hybridized carbons (Fsp3) is 0.727. The van der Waals surface area contributed by atoms with E-state index in [2.05, 4.69) is 10.2 Å². The van der Waals surface area contributed by atoms with Gasteiger partial charge in [-0.3, -0.25) is 5.10 Å². The maximum absolute atomic E-state index is 12.5. The van der Waals surface area contributed by atoms with Gasteiger partial charge in [-0.1, -0.05) is 0 Å². The lowest BCUT2D eigenvalue weighted by molar-refractivity contribution is 0.355. The van der Waals surface area contributed by atoms with Crippen LogP contribution in [-0.2, 0) is 10.0 Å². The molecule has 0 aliphatic carbocycles. The maximum atomic E-state index is 12.5. The van der Waals surface area contributed by atoms with Crippen LogP contribution in [0.15, 0.2) is 11.1 Å². The molecule has 2 rings (SSSR count). The molecule has 2 atom stereocenters. The molecule has 0 radical (unpaired) electrons. The SMILES string of the molecule is Cc1[nH]ncc1S(=O)(=O)N1CCCC1CC(C)N. The van der Waals surface area contributed by atoms with Crippen LogP contribution in [0.3, 0.4) is 0 Å². The lowest BCUT2D eigenvalue weighted by atomic mass is 10.1. The van der Waals surface area contributed by atoms with Gasteiger partial charge in [0.05, 0.1) is 11.9 Å². The number of aryl methyl sites for hydroxylation is 1. The second-order valence-corrected chi connectivity index (χ2v) is 6.84. The van der Waals surface area contributed by atoms with Crippen LogP contribution >= 0.6 is 0 Å². The van der Waals surface area contributed by atoms with E-state index in [0.717, 1.165) is 12.8 Å². The Morgan fingerprint density at radius 3 is 2.94 bits per heavy atom. The quantitative estimate of drug-likeness (QED) is 0.840. The summed E-state index contributed by atoms with van der Waals surface area (Å²) in [6.07, 6.45) is 3.87. The highest BCUT2D eigenvalue weighted by molar-refractivity contribution is 7.89. The molecular formula is C11H20N4O2S. The summed E-state index contributed by atoms with van der Waals surface area (Å²) in [6.45, 7) is 4.20. The largest absolute Gasteiger partial charge is 0.328 e. The molecule has 1 aromatic rings. The first kappa shape index (κ1) is 13.5. The third-order valence-electron chi connectivity index (χ3n) is 3.34. The molecule has 102 valence electrons. The Kier molecular flexibility index (Phi) is 3.74. The second-order valence-electron chi connectivity index (χ2n) is 4.98. The van der Waals surface area contributed by atoms with Gasteiger partial charge in [-0.15, -0.1) is 0 Å². The summed E-state index contributed by atoms with van der Waals surface area (Å²) in [6, 6.07) is 0.0283. The first-order valence-electron chi connectivity index (χ1n) is 6.20. The van der Waals surface area contributed by atoms with Gasteiger partial charge < -0.3 is 5.73 Å². The average Bonchev–Trinajstić information content (AvgIpc) is 2.86. The van der Waals surface area contributed by atoms with Crippen LogP contribution in [0.4, 0.5) is 0 Å². The minimum absolute atomic E-state index is 0.0104. The number of H-pyrrole nitrogens is 1. The van der Waals surface area contributed by atoms with E-state index in [9.17, 15) is 8.42 Å². The van der Waals surface area contributed by atoms with Crippen molar-refractivity contribution in [2.75, 3.05) is 6.54 Å². The van der Waals surface area contributed by atoms with Gasteiger partial charge in [-0.2, -0.15) is 9.40 Å². The Morgan fingerprint density at radius 2 is 2.39 bits per heavy atom. The highest BCUT2D eigenvalue weighted by Crippen LogP contribution is 2.28. The van der Waals surface area contributed by atoms with Gasteiger partial charge in [0.1, 0.15) is 4.90 Å². The third kappa shape index (κ3) is 2.43. The zero-order chi connectivity index (χ0) is 13.3. The summed E-state index contributed by atoms with van der Waals surface area (Å²) in [7, 11) is -3.44. The van der Waals surface area contributed by atoms with Crippen LogP contribution in [0.1, 0.15) is 31.9 Å². The van der Waals surface area contributed by atoms with E-state index in [1.807, 2.05) is 6.92 Å². The molecule has 0 bridgehead atoms. The van der Waals surface area contributed by atoms with Gasteiger partial charge in [0.25, 0.3) is 0 Å². The zero-order valence-corrected chi connectivity index (χ0v) is 11.6. The van der Waals surface area contributed by atoms with Crippen LogP contribution in [0, 0.1) is 6.92 Å². The fourth-order valence-corrected chi connectivity index (χ4v) is 4.34. The Hall–Kier alpha value is -0.920. The van der Waals surface area contributed by atoms with Crippen molar-refractivity contribution in [1.82, 2.24) is 14.5 Å². The van der Waals surface area contributed by atoms with Crippen molar-refractivity contribution in [2.45, 2.75) is 50.1 Å². The molecule has 0 amide bonds. The normalized spacial score (nSPS) is 23.4. The molecule has 1 aliphatic rings. The van der Waals surface area contributed by atoms with Gasteiger partial charge >= 0.3 is 0 Å². The van der Waals surface area contributed by atoms with E-state index in [0.29, 0.717) is 18.7 Å². The van der Waals surface area contributed by atoms with Crippen LogP contribution in [0.25, 0.3) is 0 Å². The number of rotatable bonds is 4. The number of hydrogen-bond acceptors (Lipinski definition) is 4. The van der Waals surface area contributed by atoms with Gasteiger partial charge in [-0.25, -0.2) is 8.42 Å². The van der Waals surface area contributed by atoms with Gasteiger partial charge in [0.15, 0.2) is 0 Å². The van der Waals surface area contributed by atoms with Crippen molar-refractivity contribution in [2.24, 2.45) is 5.73 Å². The van der Waals surface area contributed by atoms with E-state index >= 15 is 0 Å². The van der Waals surface area contributed by atoms with Gasteiger partial charge in [0.2, 0.25) is 10.0 Å². The number of aromatic amines is 1. The molecule has 0 aromatic carbocycles. The van der Waals surface area contributed by atoms with Crippen molar-refractivity contribution in [3.05, 3.63) is 11.9 Å². The third-order valence-corrected chi connectivity index (χ3v) is 5.40. The lowest BCUT2D eigenvalue weighted by Gasteiger charge is -2.24. The Balaban J connectivity index is 2.27. The van der Waals surface area contributed by atoms with Crippen LogP contribution in [0.2, 0.25) is 0 Å². The summed E-state index contributed by atoms with van der Waals surface area (Å²) in [4.78, 5) is 0.277. The molecule has 1 aliphatic heterocycles. The minimum atomic E-state index is -3.44. The molecule has 0 spiro atoms. The van der Waals surface area contributed by atoms with Crippen molar-refractivity contribution < 1.29 is 8.42 Å². The molecule has 1 fully saturated rings. The minimum Gasteiger partial charge on any atom is -0.328 e. The number of nitrogens with two attached hydrogens (primary N) is 1. The van der Waals surface area contributed by atoms with Gasteiger partial charge in [-0.05, 0) is 33.1 Å². The number of nitrogens with one attached hydrogen (secondary N) is 1. The summed E-state index contributed by atoms with van der Waals surface area (Å²) < 4.78 is 26.6. The number of sulfonamides is 1. The molecule has 2 heterocycles. The first-order valence-corrected chi connectivity index (χ1v) is 7.64. The first-order chi connectivity index (χ1) is 8.43. The molecule has 3 N–H and O–H groups in total. The monoisotopic (exact) mass is 272 g/mol. The average molecular weight is 272 g/mol. The fourth-order valence-electron chi connectivity index (χ4n) is 2.52. The molecule has 2 unspecified atom stereocenters. The topological polar surface area (TPSA) is 92.1 Å². The van der Waals surface area contributed by atoms with Crippen molar-refractivity contribution in [3.63, 3.8) is 0 Å². The lowest BCUT2D eigenvalue weighted by Crippen LogP contribution is -2.38. The van der Waals surface area contributed by atoms with Crippen molar-refractivity contribution >= 4 is 10.0 Å². The smallest absolute Gasteiger partial charge is 0.246 e. The number of hydrogen-bond donors (Lipinski definition) is 2. The molecular weight excluding hydrogens is 252 g/mol. The Bertz CT molecular complexity index is 509. The highest BCUT2D eigenvalue weighted by Gasteiger charge is 2.36. The summed E-state index contributed by atoms with van der Waals surface area (Å²) in [5, 5.41) is 6.46. The number of nitrogens with zero attached hydrogens (tertiary/aromatic N) is 2. The molecule has 0 saturated carbocycles. The van der Waals surface area contributed by atoms with Gasteiger partial charge in [0, 0.05) is 18.6 Å². The predicted molar refractivity (Wildman–Crippen MR) is 68.5 cm³/mol. The summed E-state index contributed by atoms with van der Waals surface area (Å²) in [5.74, 6) is 0. The summed E-state index contributed by atoms with van der Waals surface area (Å²) in [5.41, 5.74) is 6.37. The molecule has 1 saturated heterocycles. The molecule has 7 heteroatoms. The van der Waals surface area contributed by atoms with E-state index in [4.69, 9.17) is 5.73 Å². The summed E-state index contributed by atoms with van der Waals surface area (Å²) >= 11 is 0. The predicted octanol–water partition coefficient (Wildman–Crippen LogP) is 0.609. The zero-order valence-electron chi connectivity index (χ0n) is 10.8. The van der Waals surface area contributed by atoms with E-state index in [-0.39, 0.29) is 17.0 Å². The van der Waals surface area contributed by atoms with E-state index in [1.54, 1.807) is 11.2 Å². The molecule has 18 heavy (non-hydrogen) atoms. The number of aromatic nitrogens is 2. The molecule has 6 nitrogen and oxygen atoms in total. The van der Waals surface area contributed by atoms with Crippen LogP contribution < -0.4 is 5.73 Å².